The van der Waals surface area contributed by atoms with Gasteiger partial charge in [-0.3, -0.25) is 0 Å². The van der Waals surface area contributed by atoms with E-state index in [9.17, 15) is 10.2 Å². The molecule has 0 heterocycles. The number of aliphatic hydroxyl groups excluding tert-OH is 1. The van der Waals surface area contributed by atoms with Gasteiger partial charge in [0.15, 0.2) is 0 Å². The molecule has 0 amide bonds. The summed E-state index contributed by atoms with van der Waals surface area (Å²) in [6.45, 7) is 7.58. The third-order valence-electron chi connectivity index (χ3n) is 3.11. The Labute approximate surface area is 104 Å². The van der Waals surface area contributed by atoms with Crippen LogP contribution in [0.2, 0.25) is 0 Å². The third-order valence-corrected chi connectivity index (χ3v) is 3.11. The van der Waals surface area contributed by atoms with E-state index in [1.54, 1.807) is 6.08 Å². The smallest absolute Gasteiger partial charge is 0.0955 e. The van der Waals surface area contributed by atoms with E-state index in [2.05, 4.69) is 6.58 Å². The first-order chi connectivity index (χ1) is 7.99. The molecular weight excluding hydrogens is 212 g/mol. The Morgan fingerprint density at radius 2 is 1.88 bits per heavy atom. The summed E-state index contributed by atoms with van der Waals surface area (Å²) < 4.78 is 0. The van der Waals surface area contributed by atoms with Gasteiger partial charge in [-0.25, -0.2) is 0 Å². The molecule has 0 unspecified atom stereocenters. The predicted octanol–water partition coefficient (Wildman–Crippen LogP) is 2.86. The van der Waals surface area contributed by atoms with Crippen molar-refractivity contribution in [1.82, 2.24) is 0 Å². The molecule has 1 aromatic carbocycles. The van der Waals surface area contributed by atoms with E-state index in [1.807, 2.05) is 44.2 Å². The molecule has 1 aromatic rings. The predicted molar refractivity (Wildman–Crippen MR) is 70.6 cm³/mol. The molecule has 2 atom stereocenters. The lowest BCUT2D eigenvalue weighted by Crippen LogP contribution is -2.32. The van der Waals surface area contributed by atoms with Gasteiger partial charge in [0.2, 0.25) is 0 Å². The quantitative estimate of drug-likeness (QED) is 0.743. The van der Waals surface area contributed by atoms with E-state index in [1.165, 1.54) is 0 Å². The maximum absolute atomic E-state index is 10.7. The van der Waals surface area contributed by atoms with Crippen LogP contribution in [0.1, 0.15) is 32.3 Å². The molecule has 0 aromatic heterocycles. The Morgan fingerprint density at radius 3 is 2.35 bits per heavy atom. The summed E-state index contributed by atoms with van der Waals surface area (Å²) in [7, 11) is 0. The van der Waals surface area contributed by atoms with Crippen LogP contribution in [0.4, 0.5) is 0 Å². The lowest BCUT2D eigenvalue weighted by atomic mass is 9.83. The summed E-state index contributed by atoms with van der Waals surface area (Å²) in [5.41, 5.74) is -0.188. The monoisotopic (exact) mass is 234 g/mol. The average molecular weight is 234 g/mol. The number of aliphatic hydroxyl groups is 2. The first-order valence-corrected chi connectivity index (χ1v) is 6.06. The normalized spacial score (nSPS) is 16.5. The van der Waals surface area contributed by atoms with Crippen LogP contribution in [0.25, 0.3) is 0 Å². The highest BCUT2D eigenvalue weighted by atomic mass is 16.3. The zero-order valence-corrected chi connectivity index (χ0v) is 10.6. The molecule has 0 fully saturated rings. The molecule has 0 bridgehead atoms. The second-order valence-electron chi connectivity index (χ2n) is 4.91. The summed E-state index contributed by atoms with van der Waals surface area (Å²) in [4.78, 5) is 0. The molecule has 2 heteroatoms. The van der Waals surface area contributed by atoms with Crippen LogP contribution in [-0.4, -0.2) is 16.3 Å². The highest BCUT2D eigenvalue weighted by molar-refractivity contribution is 5.23. The molecule has 0 radical (unpaired) electrons. The fourth-order valence-electron chi connectivity index (χ4n) is 1.89. The number of hydrogen-bond acceptors (Lipinski definition) is 2. The Hall–Kier alpha value is -1.12. The van der Waals surface area contributed by atoms with Crippen molar-refractivity contribution in [3.63, 3.8) is 0 Å². The number of rotatable bonds is 6. The highest BCUT2D eigenvalue weighted by Gasteiger charge is 2.31. The molecule has 0 spiro atoms. The van der Waals surface area contributed by atoms with Crippen molar-refractivity contribution in [2.24, 2.45) is 5.92 Å². The van der Waals surface area contributed by atoms with Crippen molar-refractivity contribution in [1.29, 1.82) is 0 Å². The van der Waals surface area contributed by atoms with E-state index in [0.29, 0.717) is 12.8 Å². The standard InChI is InChI=1S/C15H22O2/c1-4-10-15(17,11-14(16)12(2)3)13-8-6-5-7-9-13/h4-9,12,14,16-17H,1,10-11H2,2-3H3/t14-,15+/m1/s1. The summed E-state index contributed by atoms with van der Waals surface area (Å²) in [5, 5.41) is 20.6. The Balaban J connectivity index is 2.93. The minimum atomic E-state index is -1.02. The van der Waals surface area contributed by atoms with Crippen LogP contribution < -0.4 is 0 Å². The van der Waals surface area contributed by atoms with Gasteiger partial charge in [0, 0.05) is 6.42 Å². The summed E-state index contributed by atoms with van der Waals surface area (Å²) in [6, 6.07) is 9.47. The van der Waals surface area contributed by atoms with Gasteiger partial charge in [-0.1, -0.05) is 50.3 Å². The van der Waals surface area contributed by atoms with E-state index in [0.717, 1.165) is 5.56 Å². The second-order valence-corrected chi connectivity index (χ2v) is 4.91. The van der Waals surface area contributed by atoms with Gasteiger partial charge in [0.05, 0.1) is 11.7 Å². The lowest BCUT2D eigenvalue weighted by Gasteiger charge is -2.31. The maximum Gasteiger partial charge on any atom is 0.0955 e. The van der Waals surface area contributed by atoms with Crippen LogP contribution in [0.3, 0.4) is 0 Å². The molecule has 0 aliphatic rings. The molecule has 0 saturated heterocycles. The van der Waals surface area contributed by atoms with Crippen molar-refractivity contribution in [3.8, 4) is 0 Å². The first kappa shape index (κ1) is 13.9. The first-order valence-electron chi connectivity index (χ1n) is 6.06. The van der Waals surface area contributed by atoms with E-state index in [4.69, 9.17) is 0 Å². The van der Waals surface area contributed by atoms with Gasteiger partial charge < -0.3 is 10.2 Å². The van der Waals surface area contributed by atoms with Gasteiger partial charge in [0.25, 0.3) is 0 Å². The molecule has 94 valence electrons. The zero-order valence-electron chi connectivity index (χ0n) is 10.6. The van der Waals surface area contributed by atoms with Crippen molar-refractivity contribution < 1.29 is 10.2 Å². The molecule has 0 aliphatic carbocycles. The summed E-state index contributed by atoms with van der Waals surface area (Å²) in [5.74, 6) is 0.134. The minimum Gasteiger partial charge on any atom is -0.393 e. The van der Waals surface area contributed by atoms with Gasteiger partial charge in [0.1, 0.15) is 0 Å². The second kappa shape index (κ2) is 5.99. The van der Waals surface area contributed by atoms with Crippen LogP contribution in [0.15, 0.2) is 43.0 Å². The van der Waals surface area contributed by atoms with Gasteiger partial charge in [-0.2, -0.15) is 0 Å². The van der Waals surface area contributed by atoms with E-state index in [-0.39, 0.29) is 5.92 Å². The molecular formula is C15H22O2. The van der Waals surface area contributed by atoms with Crippen LogP contribution >= 0.6 is 0 Å². The summed E-state index contributed by atoms with van der Waals surface area (Å²) >= 11 is 0. The molecule has 1 rings (SSSR count). The summed E-state index contributed by atoms with van der Waals surface area (Å²) in [6.07, 6.45) is 1.96. The van der Waals surface area contributed by atoms with Crippen molar-refractivity contribution in [3.05, 3.63) is 48.6 Å². The average Bonchev–Trinajstić information content (AvgIpc) is 2.30. The van der Waals surface area contributed by atoms with Crippen molar-refractivity contribution in [2.45, 2.75) is 38.4 Å². The molecule has 0 aliphatic heterocycles. The van der Waals surface area contributed by atoms with E-state index < -0.39 is 11.7 Å². The highest BCUT2D eigenvalue weighted by Crippen LogP contribution is 2.32. The molecule has 2 nitrogen and oxygen atoms in total. The minimum absolute atomic E-state index is 0.134. The Morgan fingerprint density at radius 1 is 1.29 bits per heavy atom. The SMILES string of the molecule is C=CC[C@](O)(C[C@@H](O)C(C)C)c1ccccc1. The lowest BCUT2D eigenvalue weighted by molar-refractivity contribution is -0.0260. The molecule has 2 N–H and O–H groups in total. The largest absolute Gasteiger partial charge is 0.393 e. The van der Waals surface area contributed by atoms with Gasteiger partial charge in [-0.15, -0.1) is 6.58 Å². The van der Waals surface area contributed by atoms with Crippen LogP contribution in [0, 0.1) is 5.92 Å². The van der Waals surface area contributed by atoms with Crippen molar-refractivity contribution in [2.75, 3.05) is 0 Å². The van der Waals surface area contributed by atoms with Gasteiger partial charge >= 0.3 is 0 Å². The topological polar surface area (TPSA) is 40.5 Å². The van der Waals surface area contributed by atoms with Gasteiger partial charge in [-0.05, 0) is 17.9 Å². The zero-order chi connectivity index (χ0) is 12.9. The fraction of sp³-hybridized carbons (Fsp3) is 0.467. The molecule has 17 heavy (non-hydrogen) atoms. The maximum atomic E-state index is 10.7. The third kappa shape index (κ3) is 3.69. The van der Waals surface area contributed by atoms with Crippen LogP contribution in [-0.2, 0) is 5.60 Å². The Kier molecular flexibility index (Phi) is 4.91. The number of benzene rings is 1. The van der Waals surface area contributed by atoms with Crippen molar-refractivity contribution >= 4 is 0 Å². The van der Waals surface area contributed by atoms with E-state index >= 15 is 0 Å². The number of hydrogen-bond donors (Lipinski definition) is 2. The fourth-order valence-corrected chi connectivity index (χ4v) is 1.89. The Bertz CT molecular complexity index is 345. The van der Waals surface area contributed by atoms with Crippen LogP contribution in [0.5, 0.6) is 0 Å². The molecule has 0 saturated carbocycles.